The first-order valence-electron chi connectivity index (χ1n) is 19.1. The second-order valence-corrected chi connectivity index (χ2v) is 13.1. The highest BCUT2D eigenvalue weighted by Crippen LogP contribution is 2.16. The van der Waals surface area contributed by atoms with E-state index in [0.717, 1.165) is 25.7 Å². The molecule has 0 saturated heterocycles. The molecule has 0 aliphatic rings. The summed E-state index contributed by atoms with van der Waals surface area (Å²) in [4.78, 5) is 12.0. The van der Waals surface area contributed by atoms with E-state index >= 15 is 0 Å². The van der Waals surface area contributed by atoms with Gasteiger partial charge < -0.3 is 9.84 Å². The fourth-order valence-corrected chi connectivity index (χ4v) is 5.92. The van der Waals surface area contributed by atoms with E-state index in [4.69, 9.17) is 4.74 Å². The number of aliphatic hydroxyl groups is 1. The monoisotopic (exact) mass is 581 g/mol. The van der Waals surface area contributed by atoms with Gasteiger partial charge in [-0.25, -0.2) is 4.79 Å². The van der Waals surface area contributed by atoms with Gasteiger partial charge in [0, 0.05) is 0 Å². The zero-order valence-corrected chi connectivity index (χ0v) is 28.4. The van der Waals surface area contributed by atoms with Crippen molar-refractivity contribution in [3.8, 4) is 0 Å². The predicted octanol–water partition coefficient (Wildman–Crippen LogP) is 12.8. The Bertz CT molecular complexity index is 492. The molecule has 1 unspecified atom stereocenters. The molecule has 0 bridgehead atoms. The summed E-state index contributed by atoms with van der Waals surface area (Å²) in [6.45, 7) is 5.03. The molecule has 0 aromatic heterocycles. The Morgan fingerprint density at radius 3 is 0.951 bits per heavy atom. The Labute approximate surface area is 258 Å². The van der Waals surface area contributed by atoms with E-state index in [1.165, 1.54) is 180 Å². The van der Waals surface area contributed by atoms with Crippen LogP contribution in [-0.4, -0.2) is 23.8 Å². The smallest absolute Gasteiger partial charge is 0.334 e. The minimum atomic E-state index is -0.928. The number of hydrogen-bond donors (Lipinski definition) is 1. The van der Waals surface area contributed by atoms with Gasteiger partial charge in [0.05, 0.1) is 6.61 Å². The molecule has 0 saturated carbocycles. The molecule has 1 N–H and O–H groups in total. The van der Waals surface area contributed by atoms with Crippen molar-refractivity contribution in [2.45, 2.75) is 232 Å². The van der Waals surface area contributed by atoms with Gasteiger partial charge in [-0.1, -0.05) is 213 Å². The van der Waals surface area contributed by atoms with Crippen LogP contribution in [0.2, 0.25) is 0 Å². The lowest BCUT2D eigenvalue weighted by atomic mass is 10.0. The van der Waals surface area contributed by atoms with E-state index in [1.54, 1.807) is 0 Å². The van der Waals surface area contributed by atoms with Crippen molar-refractivity contribution in [3.05, 3.63) is 0 Å². The Hall–Kier alpha value is -0.570. The lowest BCUT2D eigenvalue weighted by Crippen LogP contribution is -2.23. The molecule has 1 atom stereocenters. The van der Waals surface area contributed by atoms with Crippen LogP contribution in [-0.2, 0) is 9.53 Å². The van der Waals surface area contributed by atoms with Crippen LogP contribution in [0, 0.1) is 0 Å². The average molecular weight is 581 g/mol. The molecule has 41 heavy (non-hydrogen) atoms. The number of carbonyl (C=O) groups excluding carboxylic acids is 1. The van der Waals surface area contributed by atoms with Gasteiger partial charge >= 0.3 is 5.97 Å². The number of aliphatic hydroxyl groups excluding tert-OH is 1. The molecule has 0 rings (SSSR count). The Morgan fingerprint density at radius 1 is 0.415 bits per heavy atom. The number of esters is 1. The van der Waals surface area contributed by atoms with Gasteiger partial charge in [-0.2, -0.15) is 0 Å². The largest absolute Gasteiger partial charge is 0.464 e. The molecule has 0 aromatic rings. The molecule has 3 nitrogen and oxygen atoms in total. The second kappa shape index (κ2) is 35.6. The zero-order valence-electron chi connectivity index (χ0n) is 28.4. The quantitative estimate of drug-likeness (QED) is 0.0599. The van der Waals surface area contributed by atoms with Gasteiger partial charge in [0.25, 0.3) is 0 Å². The fourth-order valence-electron chi connectivity index (χ4n) is 5.92. The minimum absolute atomic E-state index is 0.410. The van der Waals surface area contributed by atoms with Crippen molar-refractivity contribution in [1.82, 2.24) is 0 Å². The van der Waals surface area contributed by atoms with E-state index in [0.29, 0.717) is 13.0 Å². The molecule has 0 aliphatic heterocycles. The number of ether oxygens (including phenoxy) is 1. The number of carbonyl (C=O) groups is 1. The SMILES string of the molecule is CCCCCCCCCCCCCCCCCCOC(=O)C(O)CCCCCCCCCCCCCCCCCC. The van der Waals surface area contributed by atoms with E-state index in [9.17, 15) is 9.90 Å². The topological polar surface area (TPSA) is 46.5 Å². The van der Waals surface area contributed by atoms with Crippen LogP contribution in [0.4, 0.5) is 0 Å². The predicted molar refractivity (Wildman–Crippen MR) is 181 cm³/mol. The first kappa shape index (κ1) is 40.4. The van der Waals surface area contributed by atoms with Crippen molar-refractivity contribution in [2.24, 2.45) is 0 Å². The summed E-state index contributed by atoms with van der Waals surface area (Å²) < 4.78 is 5.31. The van der Waals surface area contributed by atoms with E-state index in [-0.39, 0.29) is 0 Å². The lowest BCUT2D eigenvalue weighted by Gasteiger charge is -2.10. The van der Waals surface area contributed by atoms with Crippen molar-refractivity contribution in [2.75, 3.05) is 6.61 Å². The van der Waals surface area contributed by atoms with Crippen LogP contribution >= 0.6 is 0 Å². The number of unbranched alkanes of at least 4 members (excludes halogenated alkanes) is 30. The zero-order chi connectivity index (χ0) is 29.9. The summed E-state index contributed by atoms with van der Waals surface area (Å²) in [5.41, 5.74) is 0. The van der Waals surface area contributed by atoms with Crippen LogP contribution in [0.5, 0.6) is 0 Å². The molecular formula is C38H76O3. The van der Waals surface area contributed by atoms with Gasteiger partial charge in [0.1, 0.15) is 0 Å². The van der Waals surface area contributed by atoms with Gasteiger partial charge in [-0.05, 0) is 12.8 Å². The molecule has 0 aromatic carbocycles. The van der Waals surface area contributed by atoms with Crippen LogP contribution in [0.25, 0.3) is 0 Å². The Balaban J connectivity index is 3.26. The van der Waals surface area contributed by atoms with Crippen LogP contribution in [0.1, 0.15) is 226 Å². The third-order valence-electron chi connectivity index (χ3n) is 8.85. The molecule has 0 aliphatic carbocycles. The van der Waals surface area contributed by atoms with Crippen LogP contribution < -0.4 is 0 Å². The third-order valence-corrected chi connectivity index (χ3v) is 8.85. The molecule has 246 valence electrons. The van der Waals surface area contributed by atoms with Crippen molar-refractivity contribution in [3.63, 3.8) is 0 Å². The van der Waals surface area contributed by atoms with E-state index in [2.05, 4.69) is 13.8 Å². The highest BCUT2D eigenvalue weighted by Gasteiger charge is 2.15. The van der Waals surface area contributed by atoms with E-state index < -0.39 is 12.1 Å². The minimum Gasteiger partial charge on any atom is -0.464 e. The van der Waals surface area contributed by atoms with Gasteiger partial charge in [-0.15, -0.1) is 0 Å². The summed E-state index contributed by atoms with van der Waals surface area (Å²) in [6.07, 6.45) is 42.4. The summed E-state index contributed by atoms with van der Waals surface area (Å²) in [7, 11) is 0. The second-order valence-electron chi connectivity index (χ2n) is 13.1. The van der Waals surface area contributed by atoms with Crippen molar-refractivity contribution in [1.29, 1.82) is 0 Å². The third kappa shape index (κ3) is 33.8. The van der Waals surface area contributed by atoms with Gasteiger partial charge in [-0.3, -0.25) is 0 Å². The Kier molecular flexibility index (Phi) is 35.1. The molecule has 0 amide bonds. The maximum atomic E-state index is 12.0. The first-order valence-corrected chi connectivity index (χ1v) is 19.1. The summed E-state index contributed by atoms with van der Waals surface area (Å²) in [6, 6.07) is 0. The fraction of sp³-hybridized carbons (Fsp3) is 0.974. The summed E-state index contributed by atoms with van der Waals surface area (Å²) >= 11 is 0. The maximum absolute atomic E-state index is 12.0. The van der Waals surface area contributed by atoms with E-state index in [1.807, 2.05) is 0 Å². The van der Waals surface area contributed by atoms with Gasteiger partial charge in [0.15, 0.2) is 6.10 Å². The van der Waals surface area contributed by atoms with Gasteiger partial charge in [0.2, 0.25) is 0 Å². The summed E-state index contributed by atoms with van der Waals surface area (Å²) in [5.74, 6) is -0.410. The molecule has 0 spiro atoms. The highest BCUT2D eigenvalue weighted by atomic mass is 16.5. The molecule has 0 radical (unpaired) electrons. The van der Waals surface area contributed by atoms with Crippen molar-refractivity contribution >= 4 is 5.97 Å². The lowest BCUT2D eigenvalue weighted by molar-refractivity contribution is -0.154. The standard InChI is InChI=1S/C38H76O3/c1-3-5-7-9-11-13-15-17-19-21-23-25-27-29-31-33-35-37(39)38(40)41-36-34-32-30-28-26-24-22-20-18-16-14-12-10-8-6-4-2/h37,39H,3-36H2,1-2H3. The maximum Gasteiger partial charge on any atom is 0.334 e. The van der Waals surface area contributed by atoms with Crippen molar-refractivity contribution < 1.29 is 14.6 Å². The average Bonchev–Trinajstić information content (AvgIpc) is 2.98. The molecule has 3 heteroatoms. The van der Waals surface area contributed by atoms with Crippen LogP contribution in [0.15, 0.2) is 0 Å². The first-order chi connectivity index (χ1) is 20.2. The number of rotatable bonds is 35. The number of hydrogen-bond acceptors (Lipinski definition) is 3. The normalized spacial score (nSPS) is 12.2. The van der Waals surface area contributed by atoms with Crippen LogP contribution in [0.3, 0.4) is 0 Å². The molecule has 0 fully saturated rings. The highest BCUT2D eigenvalue weighted by molar-refractivity contribution is 5.74. The molecular weight excluding hydrogens is 504 g/mol. The molecule has 0 heterocycles. The summed E-state index contributed by atoms with van der Waals surface area (Å²) in [5, 5.41) is 10.1. The Morgan fingerprint density at radius 2 is 0.659 bits per heavy atom.